The number of rotatable bonds is 6. The van der Waals surface area contributed by atoms with Gasteiger partial charge in [-0.25, -0.2) is 4.98 Å². The molecule has 1 aliphatic rings. The number of hydrogen-bond acceptors (Lipinski definition) is 2. The van der Waals surface area contributed by atoms with Gasteiger partial charge in [0.2, 0.25) is 0 Å². The Labute approximate surface area is 98.3 Å². The summed E-state index contributed by atoms with van der Waals surface area (Å²) in [5.74, 6) is 2.93. The standard InChI is InChI=1S/C13H23N3/c1-4-16-8-7-15-13(16)9-12(14-3)10(2)11-5-6-11/h7-8,10-12,14H,4-6,9H2,1-3H3. The van der Waals surface area contributed by atoms with Gasteiger partial charge < -0.3 is 9.88 Å². The molecule has 1 aromatic heterocycles. The average Bonchev–Trinajstić information content (AvgIpc) is 3.05. The summed E-state index contributed by atoms with van der Waals surface area (Å²) < 4.78 is 2.24. The third-order valence-corrected chi connectivity index (χ3v) is 3.92. The molecular weight excluding hydrogens is 198 g/mol. The van der Waals surface area contributed by atoms with E-state index in [9.17, 15) is 0 Å². The van der Waals surface area contributed by atoms with E-state index in [1.165, 1.54) is 18.7 Å². The minimum Gasteiger partial charge on any atom is -0.335 e. The van der Waals surface area contributed by atoms with Crippen LogP contribution in [-0.4, -0.2) is 22.6 Å². The molecule has 16 heavy (non-hydrogen) atoms. The quantitative estimate of drug-likeness (QED) is 0.797. The Morgan fingerprint density at radius 1 is 1.56 bits per heavy atom. The molecule has 1 heterocycles. The lowest BCUT2D eigenvalue weighted by atomic mass is 9.94. The number of likely N-dealkylation sites (N-methyl/N-ethyl adjacent to an activating group) is 1. The molecule has 0 bridgehead atoms. The van der Waals surface area contributed by atoms with E-state index in [1.807, 2.05) is 6.20 Å². The largest absolute Gasteiger partial charge is 0.335 e. The highest BCUT2D eigenvalue weighted by Crippen LogP contribution is 2.38. The topological polar surface area (TPSA) is 29.9 Å². The molecule has 1 N–H and O–H groups in total. The SMILES string of the molecule is CCn1ccnc1CC(NC)C(C)C1CC1. The maximum Gasteiger partial charge on any atom is 0.110 e. The zero-order chi connectivity index (χ0) is 11.5. The lowest BCUT2D eigenvalue weighted by molar-refractivity contribution is 0.350. The van der Waals surface area contributed by atoms with Crippen LogP contribution in [0.1, 0.15) is 32.5 Å². The number of aromatic nitrogens is 2. The van der Waals surface area contributed by atoms with Gasteiger partial charge in [-0.1, -0.05) is 6.92 Å². The molecule has 1 aromatic rings. The third-order valence-electron chi connectivity index (χ3n) is 3.92. The van der Waals surface area contributed by atoms with Crippen LogP contribution in [0.2, 0.25) is 0 Å². The molecule has 0 spiro atoms. The van der Waals surface area contributed by atoms with Crippen molar-refractivity contribution in [3.63, 3.8) is 0 Å². The maximum atomic E-state index is 4.46. The van der Waals surface area contributed by atoms with Crippen LogP contribution in [0.4, 0.5) is 0 Å². The van der Waals surface area contributed by atoms with Gasteiger partial charge in [0, 0.05) is 31.4 Å². The van der Waals surface area contributed by atoms with Crippen LogP contribution in [0.15, 0.2) is 12.4 Å². The Bertz CT molecular complexity index is 328. The predicted octanol–water partition coefficient (Wildman–Crippen LogP) is 2.08. The highest BCUT2D eigenvalue weighted by Gasteiger charge is 2.33. The zero-order valence-electron chi connectivity index (χ0n) is 10.6. The summed E-state index contributed by atoms with van der Waals surface area (Å²) in [7, 11) is 2.07. The second kappa shape index (κ2) is 5.00. The number of imidazole rings is 1. The van der Waals surface area contributed by atoms with Gasteiger partial charge in [0.25, 0.3) is 0 Å². The normalized spacial score (nSPS) is 19.7. The first-order chi connectivity index (χ1) is 7.76. The highest BCUT2D eigenvalue weighted by molar-refractivity contribution is 4.98. The molecule has 0 saturated heterocycles. The Kier molecular flexibility index (Phi) is 3.64. The van der Waals surface area contributed by atoms with Crippen molar-refractivity contribution in [1.29, 1.82) is 0 Å². The third kappa shape index (κ3) is 2.46. The first-order valence-electron chi connectivity index (χ1n) is 6.43. The van der Waals surface area contributed by atoms with Crippen molar-refractivity contribution in [3.8, 4) is 0 Å². The highest BCUT2D eigenvalue weighted by atomic mass is 15.1. The Morgan fingerprint density at radius 2 is 2.31 bits per heavy atom. The summed E-state index contributed by atoms with van der Waals surface area (Å²) in [5.41, 5.74) is 0. The fourth-order valence-electron chi connectivity index (χ4n) is 2.52. The lowest BCUT2D eigenvalue weighted by Crippen LogP contribution is -2.36. The Hall–Kier alpha value is -0.830. The van der Waals surface area contributed by atoms with E-state index in [2.05, 4.69) is 42.0 Å². The molecule has 0 aromatic carbocycles. The summed E-state index contributed by atoms with van der Waals surface area (Å²) in [6, 6.07) is 0.570. The monoisotopic (exact) mass is 221 g/mol. The molecule has 1 fully saturated rings. The van der Waals surface area contributed by atoms with E-state index in [-0.39, 0.29) is 0 Å². The molecule has 2 unspecified atom stereocenters. The van der Waals surface area contributed by atoms with Crippen molar-refractivity contribution in [2.75, 3.05) is 7.05 Å². The minimum atomic E-state index is 0.570. The van der Waals surface area contributed by atoms with Gasteiger partial charge in [-0.05, 0) is 38.6 Å². The Balaban J connectivity index is 2.00. The van der Waals surface area contributed by atoms with Gasteiger partial charge in [0.05, 0.1) is 0 Å². The summed E-state index contributed by atoms with van der Waals surface area (Å²) in [4.78, 5) is 4.46. The molecule has 0 aliphatic heterocycles. The summed E-state index contributed by atoms with van der Waals surface area (Å²) in [6.45, 7) is 5.56. The Morgan fingerprint density at radius 3 is 2.88 bits per heavy atom. The van der Waals surface area contributed by atoms with Gasteiger partial charge in [0.15, 0.2) is 0 Å². The summed E-state index contributed by atoms with van der Waals surface area (Å²) in [6.07, 6.45) is 7.87. The van der Waals surface area contributed by atoms with Crippen LogP contribution >= 0.6 is 0 Å². The number of nitrogens with one attached hydrogen (secondary N) is 1. The van der Waals surface area contributed by atoms with E-state index in [0.29, 0.717) is 6.04 Å². The number of aryl methyl sites for hydroxylation is 1. The van der Waals surface area contributed by atoms with Crippen molar-refractivity contribution in [3.05, 3.63) is 18.2 Å². The van der Waals surface area contributed by atoms with Crippen molar-refractivity contribution in [2.45, 2.75) is 45.7 Å². The van der Waals surface area contributed by atoms with E-state index < -0.39 is 0 Å². The smallest absolute Gasteiger partial charge is 0.110 e. The predicted molar refractivity (Wildman–Crippen MR) is 66.3 cm³/mol. The average molecular weight is 221 g/mol. The van der Waals surface area contributed by atoms with Crippen molar-refractivity contribution < 1.29 is 0 Å². The first-order valence-corrected chi connectivity index (χ1v) is 6.43. The van der Waals surface area contributed by atoms with Crippen LogP contribution in [0.3, 0.4) is 0 Å². The molecule has 1 aliphatic carbocycles. The molecule has 2 rings (SSSR count). The molecule has 1 saturated carbocycles. The fourth-order valence-corrected chi connectivity index (χ4v) is 2.52. The maximum absolute atomic E-state index is 4.46. The molecule has 2 atom stereocenters. The molecule has 0 radical (unpaired) electrons. The van der Waals surface area contributed by atoms with E-state index >= 15 is 0 Å². The second-order valence-corrected chi connectivity index (χ2v) is 4.93. The number of hydrogen-bond donors (Lipinski definition) is 1. The number of nitrogens with zero attached hydrogens (tertiary/aromatic N) is 2. The van der Waals surface area contributed by atoms with Crippen molar-refractivity contribution in [2.24, 2.45) is 11.8 Å². The van der Waals surface area contributed by atoms with Crippen LogP contribution < -0.4 is 5.32 Å². The van der Waals surface area contributed by atoms with Gasteiger partial charge in [-0.3, -0.25) is 0 Å². The molecule has 0 amide bonds. The molecular formula is C13H23N3. The van der Waals surface area contributed by atoms with Gasteiger partial charge in [-0.15, -0.1) is 0 Å². The second-order valence-electron chi connectivity index (χ2n) is 4.93. The van der Waals surface area contributed by atoms with Crippen molar-refractivity contribution >= 4 is 0 Å². The van der Waals surface area contributed by atoms with Gasteiger partial charge >= 0.3 is 0 Å². The van der Waals surface area contributed by atoms with E-state index in [1.54, 1.807) is 0 Å². The summed E-state index contributed by atoms with van der Waals surface area (Å²) in [5, 5.41) is 3.46. The van der Waals surface area contributed by atoms with Gasteiger partial charge in [0.1, 0.15) is 5.82 Å². The van der Waals surface area contributed by atoms with Crippen LogP contribution in [0, 0.1) is 11.8 Å². The van der Waals surface area contributed by atoms with Crippen LogP contribution in [-0.2, 0) is 13.0 Å². The molecule has 3 heteroatoms. The molecule has 90 valence electrons. The summed E-state index contributed by atoms with van der Waals surface area (Å²) >= 11 is 0. The fraction of sp³-hybridized carbons (Fsp3) is 0.769. The lowest BCUT2D eigenvalue weighted by Gasteiger charge is -2.23. The van der Waals surface area contributed by atoms with E-state index in [4.69, 9.17) is 0 Å². The van der Waals surface area contributed by atoms with Crippen molar-refractivity contribution in [1.82, 2.24) is 14.9 Å². The minimum absolute atomic E-state index is 0.570. The zero-order valence-corrected chi connectivity index (χ0v) is 10.6. The van der Waals surface area contributed by atoms with Crippen LogP contribution in [0.25, 0.3) is 0 Å². The van der Waals surface area contributed by atoms with Crippen LogP contribution in [0.5, 0.6) is 0 Å². The first kappa shape index (κ1) is 11.6. The molecule has 3 nitrogen and oxygen atoms in total. The van der Waals surface area contributed by atoms with Gasteiger partial charge in [-0.2, -0.15) is 0 Å². The van der Waals surface area contributed by atoms with E-state index in [0.717, 1.165) is 24.8 Å².